The molecule has 2 unspecified atom stereocenters. The van der Waals surface area contributed by atoms with Crippen LogP contribution in [0.3, 0.4) is 0 Å². The maximum Gasteiger partial charge on any atom is 0.0752 e. The zero-order valence-corrected chi connectivity index (χ0v) is 13.4. The Morgan fingerprint density at radius 3 is 2.16 bits per heavy atom. The molecule has 1 fully saturated rings. The molecule has 0 aliphatic heterocycles. The number of hydrogen-bond donors (Lipinski definition) is 1. The van der Waals surface area contributed by atoms with Crippen molar-refractivity contribution in [2.45, 2.75) is 90.2 Å². The number of ether oxygens (including phenoxy) is 1. The first-order chi connectivity index (χ1) is 9.33. The van der Waals surface area contributed by atoms with E-state index in [1.807, 2.05) is 7.11 Å². The van der Waals surface area contributed by atoms with Crippen molar-refractivity contribution in [1.29, 1.82) is 0 Å². The van der Waals surface area contributed by atoms with Crippen LogP contribution in [0, 0.1) is 5.92 Å². The second kappa shape index (κ2) is 10.7. The van der Waals surface area contributed by atoms with Crippen LogP contribution in [0.1, 0.15) is 78.1 Å². The molecule has 0 aromatic rings. The molecule has 1 aliphatic rings. The van der Waals surface area contributed by atoms with Gasteiger partial charge in [-0.1, -0.05) is 58.8 Å². The highest BCUT2D eigenvalue weighted by Crippen LogP contribution is 2.36. The number of unbranched alkanes of at least 4 members (excludes halogenated alkanes) is 6. The summed E-state index contributed by atoms with van der Waals surface area (Å²) in [5, 5.41) is 3.64. The summed E-state index contributed by atoms with van der Waals surface area (Å²) in [5.74, 6) is 0.832. The van der Waals surface area contributed by atoms with Crippen LogP contribution in [0.15, 0.2) is 0 Å². The van der Waals surface area contributed by atoms with E-state index in [9.17, 15) is 0 Å². The third-order valence-corrected chi connectivity index (χ3v) is 4.34. The van der Waals surface area contributed by atoms with Gasteiger partial charge in [0, 0.05) is 13.2 Å². The fourth-order valence-electron chi connectivity index (χ4n) is 3.08. The maximum atomic E-state index is 5.74. The average molecular weight is 269 g/mol. The van der Waals surface area contributed by atoms with Crippen LogP contribution in [-0.2, 0) is 4.74 Å². The van der Waals surface area contributed by atoms with Crippen molar-refractivity contribution in [3.8, 4) is 0 Å². The number of methoxy groups -OCH3 is 1. The smallest absolute Gasteiger partial charge is 0.0752 e. The lowest BCUT2D eigenvalue weighted by Gasteiger charge is -2.27. The Kier molecular flexibility index (Phi) is 9.54. The van der Waals surface area contributed by atoms with E-state index < -0.39 is 0 Å². The summed E-state index contributed by atoms with van der Waals surface area (Å²) in [5.41, 5.74) is 0. The quantitative estimate of drug-likeness (QED) is 0.496. The molecule has 0 saturated heterocycles. The van der Waals surface area contributed by atoms with Crippen molar-refractivity contribution in [1.82, 2.24) is 5.32 Å². The van der Waals surface area contributed by atoms with Gasteiger partial charge in [0.2, 0.25) is 0 Å². The van der Waals surface area contributed by atoms with E-state index in [1.54, 1.807) is 0 Å². The second-order valence-electron chi connectivity index (χ2n) is 6.11. The Morgan fingerprint density at radius 2 is 1.63 bits per heavy atom. The number of nitrogens with one attached hydrogen (secondary N) is 1. The van der Waals surface area contributed by atoms with E-state index in [-0.39, 0.29) is 0 Å². The van der Waals surface area contributed by atoms with Gasteiger partial charge >= 0.3 is 0 Å². The van der Waals surface area contributed by atoms with Crippen LogP contribution in [-0.4, -0.2) is 25.8 Å². The van der Waals surface area contributed by atoms with Crippen LogP contribution in [0.25, 0.3) is 0 Å². The molecule has 19 heavy (non-hydrogen) atoms. The third-order valence-electron chi connectivity index (χ3n) is 4.34. The lowest BCUT2D eigenvalue weighted by molar-refractivity contribution is 0.0480. The van der Waals surface area contributed by atoms with Crippen LogP contribution < -0.4 is 5.32 Å². The zero-order valence-electron chi connectivity index (χ0n) is 13.4. The third kappa shape index (κ3) is 7.31. The first-order valence-corrected chi connectivity index (χ1v) is 8.59. The van der Waals surface area contributed by atoms with E-state index >= 15 is 0 Å². The van der Waals surface area contributed by atoms with E-state index in [2.05, 4.69) is 19.2 Å². The summed E-state index contributed by atoms with van der Waals surface area (Å²) >= 11 is 0. The first-order valence-electron chi connectivity index (χ1n) is 8.59. The van der Waals surface area contributed by atoms with Gasteiger partial charge in [-0.2, -0.15) is 0 Å². The highest BCUT2D eigenvalue weighted by atomic mass is 16.5. The maximum absolute atomic E-state index is 5.74. The molecule has 2 heteroatoms. The predicted octanol–water partition coefficient (Wildman–Crippen LogP) is 4.53. The monoisotopic (exact) mass is 269 g/mol. The van der Waals surface area contributed by atoms with Crippen molar-refractivity contribution in [2.75, 3.05) is 13.7 Å². The van der Waals surface area contributed by atoms with Gasteiger partial charge in [-0.3, -0.25) is 0 Å². The van der Waals surface area contributed by atoms with Gasteiger partial charge < -0.3 is 10.1 Å². The molecular weight excluding hydrogens is 234 g/mol. The van der Waals surface area contributed by atoms with E-state index in [4.69, 9.17) is 4.74 Å². The Hall–Kier alpha value is -0.0800. The molecule has 0 amide bonds. The fourth-order valence-corrected chi connectivity index (χ4v) is 3.08. The average Bonchev–Trinajstić information content (AvgIpc) is 3.23. The van der Waals surface area contributed by atoms with Crippen LogP contribution in [0.2, 0.25) is 0 Å². The molecule has 0 bridgehead atoms. The largest absolute Gasteiger partial charge is 0.380 e. The Balaban J connectivity index is 2.11. The summed E-state index contributed by atoms with van der Waals surface area (Å²) in [7, 11) is 1.89. The normalized spacial score (nSPS) is 18.5. The van der Waals surface area contributed by atoms with Gasteiger partial charge in [0.1, 0.15) is 0 Å². The molecule has 1 N–H and O–H groups in total. The number of likely N-dealkylation sites (N-methyl/N-ethyl adjacent to an activating group) is 1. The standard InChI is InChI=1S/C17H35NO/c1-4-6-7-8-9-10-11-12-16(18-5-2)17(19-3)15-13-14-15/h15-18H,4-14H2,1-3H3. The second-order valence-corrected chi connectivity index (χ2v) is 6.11. The van der Waals surface area contributed by atoms with Gasteiger partial charge in [-0.05, 0) is 31.7 Å². The topological polar surface area (TPSA) is 21.3 Å². The molecular formula is C17H35NO. The highest BCUT2D eigenvalue weighted by molar-refractivity contribution is 4.90. The van der Waals surface area contributed by atoms with Crippen molar-refractivity contribution in [3.63, 3.8) is 0 Å². The zero-order chi connectivity index (χ0) is 13.9. The summed E-state index contributed by atoms with van der Waals surface area (Å²) in [6.45, 7) is 5.55. The number of rotatable bonds is 13. The summed E-state index contributed by atoms with van der Waals surface area (Å²) in [6, 6.07) is 0.582. The Labute approximate surface area is 120 Å². The van der Waals surface area contributed by atoms with E-state index in [0.29, 0.717) is 12.1 Å². The lowest BCUT2D eigenvalue weighted by atomic mass is 9.98. The van der Waals surface area contributed by atoms with Crippen LogP contribution in [0.4, 0.5) is 0 Å². The van der Waals surface area contributed by atoms with Crippen molar-refractivity contribution < 1.29 is 4.74 Å². The molecule has 2 atom stereocenters. The van der Waals surface area contributed by atoms with Gasteiger partial charge in [0.05, 0.1) is 6.10 Å². The molecule has 0 radical (unpaired) electrons. The molecule has 1 saturated carbocycles. The first kappa shape index (κ1) is 17.0. The Morgan fingerprint density at radius 1 is 1.00 bits per heavy atom. The summed E-state index contributed by atoms with van der Waals surface area (Å²) in [4.78, 5) is 0. The minimum atomic E-state index is 0.458. The van der Waals surface area contributed by atoms with Gasteiger partial charge in [0.25, 0.3) is 0 Å². The van der Waals surface area contributed by atoms with E-state index in [0.717, 1.165) is 12.5 Å². The molecule has 0 aromatic carbocycles. The molecule has 1 aliphatic carbocycles. The van der Waals surface area contributed by atoms with E-state index in [1.165, 1.54) is 64.2 Å². The summed E-state index contributed by atoms with van der Waals surface area (Å²) in [6.07, 6.45) is 14.3. The predicted molar refractivity (Wildman–Crippen MR) is 83.6 cm³/mol. The van der Waals surface area contributed by atoms with Crippen molar-refractivity contribution in [2.24, 2.45) is 5.92 Å². The molecule has 0 heterocycles. The van der Waals surface area contributed by atoms with Crippen LogP contribution >= 0.6 is 0 Å². The van der Waals surface area contributed by atoms with Gasteiger partial charge in [0.15, 0.2) is 0 Å². The molecule has 2 nitrogen and oxygen atoms in total. The minimum absolute atomic E-state index is 0.458. The van der Waals surface area contributed by atoms with Crippen molar-refractivity contribution in [3.05, 3.63) is 0 Å². The Bertz CT molecular complexity index is 203. The molecule has 114 valence electrons. The fraction of sp³-hybridized carbons (Fsp3) is 1.00. The SMILES string of the molecule is CCCCCCCCCC(NCC)C(OC)C1CC1. The minimum Gasteiger partial charge on any atom is -0.380 e. The lowest BCUT2D eigenvalue weighted by Crippen LogP contribution is -2.42. The highest BCUT2D eigenvalue weighted by Gasteiger charge is 2.36. The molecule has 0 aromatic heterocycles. The van der Waals surface area contributed by atoms with Gasteiger partial charge in [-0.25, -0.2) is 0 Å². The molecule has 1 rings (SSSR count). The summed E-state index contributed by atoms with van der Waals surface area (Å²) < 4.78 is 5.74. The van der Waals surface area contributed by atoms with Gasteiger partial charge in [-0.15, -0.1) is 0 Å². The van der Waals surface area contributed by atoms with Crippen LogP contribution in [0.5, 0.6) is 0 Å². The van der Waals surface area contributed by atoms with Crippen molar-refractivity contribution >= 4 is 0 Å². The molecule has 0 spiro atoms. The number of hydrogen-bond acceptors (Lipinski definition) is 2.